The van der Waals surface area contributed by atoms with Crippen LogP contribution in [0.25, 0.3) is 5.70 Å². The number of carbonyl (C=O) groups excluding carboxylic acids is 3. The maximum atomic E-state index is 13.5. The number of primary amides is 1. The number of amides is 2. The van der Waals surface area contributed by atoms with Gasteiger partial charge in [0, 0.05) is 23.7 Å². The molecule has 0 aliphatic carbocycles. The van der Waals surface area contributed by atoms with E-state index in [1.165, 1.54) is 11.0 Å². The molecule has 1 aliphatic heterocycles. The molecule has 6 nitrogen and oxygen atoms in total. The summed E-state index contributed by atoms with van der Waals surface area (Å²) in [6.45, 7) is 7.54. The number of rotatable bonds is 8. The molecule has 0 spiro atoms. The van der Waals surface area contributed by atoms with E-state index < -0.39 is 23.7 Å². The normalized spacial score (nSPS) is 18.1. The fraction of sp³-hybridized carbons (Fsp3) is 0.160. The molecule has 31 heavy (non-hydrogen) atoms. The van der Waals surface area contributed by atoms with Crippen LogP contribution in [0.4, 0.5) is 0 Å². The Morgan fingerprint density at radius 2 is 1.71 bits per heavy atom. The molecule has 1 heterocycles. The Hall–Kier alpha value is -3.93. The smallest absolute Gasteiger partial charge is 0.319 e. The van der Waals surface area contributed by atoms with Crippen LogP contribution in [-0.2, 0) is 14.3 Å². The first-order valence-electron chi connectivity index (χ1n) is 9.84. The highest BCUT2D eigenvalue weighted by atomic mass is 16.5. The summed E-state index contributed by atoms with van der Waals surface area (Å²) >= 11 is 0. The van der Waals surface area contributed by atoms with Crippen LogP contribution in [0.3, 0.4) is 0 Å². The molecule has 158 valence electrons. The van der Waals surface area contributed by atoms with Crippen molar-refractivity contribution in [2.24, 2.45) is 11.7 Å². The monoisotopic (exact) mass is 416 g/mol. The maximum absolute atomic E-state index is 13.5. The minimum Gasteiger partial charge on any atom is -0.461 e. The lowest BCUT2D eigenvalue weighted by Gasteiger charge is -2.36. The van der Waals surface area contributed by atoms with Crippen LogP contribution in [0.1, 0.15) is 27.4 Å². The number of allylic oxidation sites excluding steroid dienone is 1. The van der Waals surface area contributed by atoms with E-state index in [9.17, 15) is 14.4 Å². The largest absolute Gasteiger partial charge is 0.461 e. The van der Waals surface area contributed by atoms with Gasteiger partial charge >= 0.3 is 5.97 Å². The first-order valence-corrected chi connectivity index (χ1v) is 9.84. The quantitative estimate of drug-likeness (QED) is 0.406. The summed E-state index contributed by atoms with van der Waals surface area (Å²) in [6.07, 6.45) is 4.95. The topological polar surface area (TPSA) is 89.7 Å². The number of nitrogens with zero attached hydrogens (tertiary/aromatic N) is 1. The Morgan fingerprint density at radius 3 is 2.29 bits per heavy atom. The van der Waals surface area contributed by atoms with E-state index in [0.717, 1.165) is 11.1 Å². The van der Waals surface area contributed by atoms with Crippen LogP contribution < -0.4 is 5.73 Å². The van der Waals surface area contributed by atoms with Gasteiger partial charge in [0.2, 0.25) is 11.8 Å². The van der Waals surface area contributed by atoms with E-state index >= 15 is 0 Å². The molecule has 2 aromatic carbocycles. The lowest BCUT2D eigenvalue weighted by atomic mass is 9.80. The zero-order valence-corrected chi connectivity index (χ0v) is 17.1. The second kappa shape index (κ2) is 9.71. The molecule has 2 atom stereocenters. The first-order chi connectivity index (χ1) is 15.0. The fourth-order valence-corrected chi connectivity index (χ4v) is 3.61. The summed E-state index contributed by atoms with van der Waals surface area (Å²) in [4.78, 5) is 39.3. The van der Waals surface area contributed by atoms with Crippen molar-refractivity contribution in [3.05, 3.63) is 103 Å². The van der Waals surface area contributed by atoms with E-state index in [4.69, 9.17) is 10.5 Å². The number of hydrogen-bond acceptors (Lipinski definition) is 4. The Balaban J connectivity index is 2.13. The average Bonchev–Trinajstić information content (AvgIpc) is 2.79. The van der Waals surface area contributed by atoms with Gasteiger partial charge in [0.25, 0.3) is 0 Å². The van der Waals surface area contributed by atoms with Gasteiger partial charge in [0.15, 0.2) is 0 Å². The van der Waals surface area contributed by atoms with Crippen molar-refractivity contribution < 1.29 is 19.1 Å². The van der Waals surface area contributed by atoms with Crippen molar-refractivity contribution in [3.8, 4) is 0 Å². The van der Waals surface area contributed by atoms with Gasteiger partial charge in [0.1, 0.15) is 12.5 Å². The van der Waals surface area contributed by atoms with Gasteiger partial charge in [0.05, 0.1) is 0 Å². The lowest BCUT2D eigenvalue weighted by molar-refractivity contribution is -0.154. The van der Waals surface area contributed by atoms with E-state index in [1.807, 2.05) is 36.4 Å². The third-order valence-electron chi connectivity index (χ3n) is 5.08. The number of carbonyl (C=O) groups is 3. The Morgan fingerprint density at radius 1 is 1.03 bits per heavy atom. The van der Waals surface area contributed by atoms with Crippen LogP contribution in [0.5, 0.6) is 0 Å². The predicted molar refractivity (Wildman–Crippen MR) is 119 cm³/mol. The summed E-state index contributed by atoms with van der Waals surface area (Å²) in [5, 5.41) is 0. The Bertz CT molecular complexity index is 1030. The molecule has 0 saturated carbocycles. The van der Waals surface area contributed by atoms with Crippen molar-refractivity contribution >= 4 is 23.5 Å². The lowest BCUT2D eigenvalue weighted by Crippen LogP contribution is -2.45. The molecule has 0 fully saturated rings. The van der Waals surface area contributed by atoms with Crippen LogP contribution >= 0.6 is 0 Å². The van der Waals surface area contributed by atoms with Gasteiger partial charge in [-0.1, -0.05) is 67.3 Å². The van der Waals surface area contributed by atoms with Gasteiger partial charge in [-0.15, -0.1) is 6.58 Å². The van der Waals surface area contributed by atoms with Gasteiger partial charge in [-0.25, -0.2) is 0 Å². The third-order valence-corrected chi connectivity index (χ3v) is 5.08. The van der Waals surface area contributed by atoms with Crippen molar-refractivity contribution in [2.75, 3.05) is 13.2 Å². The number of ether oxygens (including phenoxy) is 1. The zero-order valence-electron chi connectivity index (χ0n) is 17.1. The molecule has 3 rings (SSSR count). The number of hydrogen-bond donors (Lipinski definition) is 1. The fourth-order valence-electron chi connectivity index (χ4n) is 3.61. The minimum atomic E-state index is -1.03. The van der Waals surface area contributed by atoms with Crippen molar-refractivity contribution in [1.82, 2.24) is 4.90 Å². The third kappa shape index (κ3) is 4.64. The molecule has 2 aromatic rings. The molecule has 0 aromatic heterocycles. The van der Waals surface area contributed by atoms with Crippen molar-refractivity contribution in [2.45, 2.75) is 5.92 Å². The molecule has 0 radical (unpaired) electrons. The van der Waals surface area contributed by atoms with Gasteiger partial charge < -0.3 is 15.4 Å². The van der Waals surface area contributed by atoms with Gasteiger partial charge in [-0.05, 0) is 23.3 Å². The molecule has 2 amide bonds. The van der Waals surface area contributed by atoms with Crippen molar-refractivity contribution in [1.29, 1.82) is 0 Å². The average molecular weight is 416 g/mol. The molecule has 0 saturated heterocycles. The molecule has 0 bridgehead atoms. The highest BCUT2D eigenvalue weighted by Crippen LogP contribution is 2.38. The van der Waals surface area contributed by atoms with Crippen molar-refractivity contribution in [3.63, 3.8) is 0 Å². The molecule has 6 heteroatoms. The van der Waals surface area contributed by atoms with Gasteiger partial charge in [-0.3, -0.25) is 14.4 Å². The van der Waals surface area contributed by atoms with Crippen LogP contribution in [0, 0.1) is 5.92 Å². The maximum Gasteiger partial charge on any atom is 0.319 e. The summed E-state index contributed by atoms with van der Waals surface area (Å²) in [7, 11) is 0. The SMILES string of the molecule is C=CCOC(=O)C1C(=O)N(CC=C)C(c2ccc(C(N)=O)cc2)=CC1c1ccccc1. The Labute approximate surface area is 181 Å². The molecule has 2 unspecified atom stereocenters. The molecule has 2 N–H and O–H groups in total. The summed E-state index contributed by atoms with van der Waals surface area (Å²) in [5.41, 5.74) is 7.88. The number of benzene rings is 2. The van der Waals surface area contributed by atoms with E-state index in [0.29, 0.717) is 11.3 Å². The second-order valence-electron chi connectivity index (χ2n) is 7.06. The molecular weight excluding hydrogens is 392 g/mol. The minimum absolute atomic E-state index is 0.0245. The number of esters is 1. The van der Waals surface area contributed by atoms with Crippen LogP contribution in [-0.4, -0.2) is 35.8 Å². The van der Waals surface area contributed by atoms with E-state index in [-0.39, 0.29) is 19.1 Å². The molecule has 1 aliphatic rings. The highest BCUT2D eigenvalue weighted by Gasteiger charge is 2.43. The highest BCUT2D eigenvalue weighted by molar-refractivity contribution is 6.04. The molecular formula is C25H24N2O4. The zero-order chi connectivity index (χ0) is 22.4. The Kier molecular flexibility index (Phi) is 6.82. The predicted octanol–water partition coefficient (Wildman–Crippen LogP) is 3.28. The first kappa shape index (κ1) is 21.8. The van der Waals surface area contributed by atoms with E-state index in [1.54, 1.807) is 30.3 Å². The summed E-state index contributed by atoms with van der Waals surface area (Å²) < 4.78 is 5.25. The van der Waals surface area contributed by atoms with E-state index in [2.05, 4.69) is 13.2 Å². The van der Waals surface area contributed by atoms with Crippen LogP contribution in [0.2, 0.25) is 0 Å². The van der Waals surface area contributed by atoms with Crippen LogP contribution in [0.15, 0.2) is 86.0 Å². The second-order valence-corrected chi connectivity index (χ2v) is 7.06. The standard InChI is InChI=1S/C25H24N2O4/c1-3-14-27-21(18-10-12-19(13-11-18)23(26)28)16-20(17-8-6-5-7-9-17)22(24(27)29)25(30)31-15-4-2/h3-13,16,20,22H,1-2,14-15H2,(H2,26,28). The summed E-state index contributed by atoms with van der Waals surface area (Å²) in [6, 6.07) is 16.0. The van der Waals surface area contributed by atoms with Gasteiger partial charge in [-0.2, -0.15) is 0 Å². The number of nitrogens with two attached hydrogens (primary N) is 1. The summed E-state index contributed by atoms with van der Waals surface area (Å²) in [5.74, 6) is -3.06.